The van der Waals surface area contributed by atoms with E-state index < -0.39 is 11.7 Å². The van der Waals surface area contributed by atoms with Crippen molar-refractivity contribution in [2.45, 2.75) is 19.0 Å². The summed E-state index contributed by atoms with van der Waals surface area (Å²) in [4.78, 5) is 31.5. The van der Waals surface area contributed by atoms with Crippen molar-refractivity contribution in [3.8, 4) is 0 Å². The summed E-state index contributed by atoms with van der Waals surface area (Å²) < 4.78 is 39.1. The third kappa shape index (κ3) is 5.54. The first-order valence-electron chi connectivity index (χ1n) is 10.9. The molecular formula is C25H23F3N4O2. The molecule has 2 heterocycles. The fraction of sp³-hybridized carbons (Fsp3) is 0.240. The van der Waals surface area contributed by atoms with Crippen LogP contribution in [-0.4, -0.2) is 34.8 Å². The van der Waals surface area contributed by atoms with Crippen molar-refractivity contribution in [1.82, 2.24) is 9.88 Å². The highest BCUT2D eigenvalue weighted by Gasteiger charge is 2.31. The number of likely N-dealkylation sites (tertiary alicyclic amines) is 1. The van der Waals surface area contributed by atoms with Gasteiger partial charge >= 0.3 is 6.18 Å². The van der Waals surface area contributed by atoms with Crippen LogP contribution in [0.3, 0.4) is 0 Å². The highest BCUT2D eigenvalue weighted by atomic mass is 19.4. The third-order valence-corrected chi connectivity index (χ3v) is 5.69. The van der Waals surface area contributed by atoms with Crippen molar-refractivity contribution < 1.29 is 22.8 Å². The number of rotatable bonds is 5. The zero-order valence-electron chi connectivity index (χ0n) is 18.2. The number of aromatic nitrogens is 1. The summed E-state index contributed by atoms with van der Waals surface area (Å²) in [5, 5.41) is 5.73. The van der Waals surface area contributed by atoms with Crippen LogP contribution in [0.15, 0.2) is 72.9 Å². The summed E-state index contributed by atoms with van der Waals surface area (Å²) in [5.74, 6) is -0.396. The van der Waals surface area contributed by atoms with Gasteiger partial charge < -0.3 is 15.5 Å². The van der Waals surface area contributed by atoms with Crippen molar-refractivity contribution in [3.05, 3.63) is 84.1 Å². The number of para-hydroxylation sites is 1. The molecule has 4 rings (SSSR count). The average Bonchev–Trinajstić information content (AvgIpc) is 2.84. The number of piperidine rings is 1. The topological polar surface area (TPSA) is 74.3 Å². The summed E-state index contributed by atoms with van der Waals surface area (Å²) in [5.41, 5.74) is 0.370. The first kappa shape index (κ1) is 23.3. The van der Waals surface area contributed by atoms with Gasteiger partial charge in [0.25, 0.3) is 5.91 Å². The Morgan fingerprint density at radius 2 is 1.62 bits per heavy atom. The van der Waals surface area contributed by atoms with Crippen LogP contribution in [0.2, 0.25) is 0 Å². The van der Waals surface area contributed by atoms with Crippen LogP contribution in [0.1, 0.15) is 28.8 Å². The number of hydrogen-bond donors (Lipinski definition) is 2. The van der Waals surface area contributed by atoms with Gasteiger partial charge in [0.2, 0.25) is 5.91 Å². The van der Waals surface area contributed by atoms with Crippen molar-refractivity contribution in [1.29, 1.82) is 0 Å². The number of hydrogen-bond acceptors (Lipinski definition) is 4. The second kappa shape index (κ2) is 9.94. The lowest BCUT2D eigenvalue weighted by molar-refractivity contribution is -0.137. The molecule has 0 atom stereocenters. The number of amides is 2. The van der Waals surface area contributed by atoms with Crippen LogP contribution >= 0.6 is 0 Å². The largest absolute Gasteiger partial charge is 0.416 e. The maximum atomic E-state index is 13.2. The Hall–Kier alpha value is -3.88. The van der Waals surface area contributed by atoms with Crippen molar-refractivity contribution in [3.63, 3.8) is 0 Å². The molecule has 1 aliphatic rings. The maximum absolute atomic E-state index is 13.2. The molecule has 0 aliphatic carbocycles. The lowest BCUT2D eigenvalue weighted by atomic mass is 9.95. The molecular weight excluding hydrogens is 445 g/mol. The molecule has 9 heteroatoms. The van der Waals surface area contributed by atoms with Gasteiger partial charge in [-0.15, -0.1) is 0 Å². The molecule has 2 amide bonds. The Balaban J connectivity index is 1.41. The fourth-order valence-corrected chi connectivity index (χ4v) is 3.87. The van der Waals surface area contributed by atoms with Gasteiger partial charge in [-0.2, -0.15) is 13.2 Å². The number of benzene rings is 2. The molecule has 176 valence electrons. The molecule has 6 nitrogen and oxygen atoms in total. The van der Waals surface area contributed by atoms with Crippen LogP contribution in [0, 0.1) is 5.92 Å². The highest BCUT2D eigenvalue weighted by Crippen LogP contribution is 2.32. The van der Waals surface area contributed by atoms with E-state index in [9.17, 15) is 22.8 Å². The van der Waals surface area contributed by atoms with Gasteiger partial charge in [-0.3, -0.25) is 9.59 Å². The Kier molecular flexibility index (Phi) is 6.81. The molecule has 0 bridgehead atoms. The smallest absolute Gasteiger partial charge is 0.340 e. The van der Waals surface area contributed by atoms with Gasteiger partial charge in [0, 0.05) is 36.6 Å². The van der Waals surface area contributed by atoms with E-state index in [0.717, 1.165) is 17.8 Å². The fourth-order valence-electron chi connectivity index (χ4n) is 3.87. The number of carbonyl (C=O) groups excluding carboxylic acids is 2. The van der Waals surface area contributed by atoms with Crippen LogP contribution in [0.4, 0.5) is 30.4 Å². The predicted molar refractivity (Wildman–Crippen MR) is 123 cm³/mol. The highest BCUT2D eigenvalue weighted by molar-refractivity contribution is 5.99. The summed E-state index contributed by atoms with van der Waals surface area (Å²) in [6.45, 7) is 0.785. The molecule has 1 saturated heterocycles. The van der Waals surface area contributed by atoms with E-state index in [1.165, 1.54) is 18.3 Å². The van der Waals surface area contributed by atoms with Crippen LogP contribution in [0.5, 0.6) is 0 Å². The summed E-state index contributed by atoms with van der Waals surface area (Å²) in [6.07, 6.45) is -1.98. The van der Waals surface area contributed by atoms with Crippen molar-refractivity contribution >= 4 is 29.0 Å². The normalized spacial score (nSPS) is 14.5. The van der Waals surface area contributed by atoms with E-state index in [4.69, 9.17) is 0 Å². The summed E-state index contributed by atoms with van der Waals surface area (Å²) in [7, 11) is 0. The Morgan fingerprint density at radius 1 is 0.912 bits per heavy atom. The zero-order chi connectivity index (χ0) is 24.1. The number of pyridine rings is 1. The van der Waals surface area contributed by atoms with Crippen molar-refractivity contribution in [2.75, 3.05) is 23.7 Å². The SMILES string of the molecule is O=C(Nc1ccccc1)C1CCN(C(=O)c2cccnc2Nc2cccc(C(F)(F)F)c2)CC1. The Bertz CT molecular complexity index is 1160. The molecule has 2 aromatic carbocycles. The first-order chi connectivity index (χ1) is 16.3. The number of halogens is 3. The summed E-state index contributed by atoms with van der Waals surface area (Å²) in [6, 6.07) is 17.1. The number of alkyl halides is 3. The van der Waals surface area contributed by atoms with Gasteiger partial charge in [0.05, 0.1) is 11.1 Å². The minimum absolute atomic E-state index is 0.0772. The van der Waals surface area contributed by atoms with Crippen LogP contribution in [0.25, 0.3) is 0 Å². The monoisotopic (exact) mass is 468 g/mol. The second-order valence-electron chi connectivity index (χ2n) is 8.02. The molecule has 1 fully saturated rings. The van der Waals surface area contributed by atoms with E-state index in [-0.39, 0.29) is 34.8 Å². The zero-order valence-corrected chi connectivity index (χ0v) is 18.2. The van der Waals surface area contributed by atoms with Crippen molar-refractivity contribution in [2.24, 2.45) is 5.92 Å². The number of nitrogens with one attached hydrogen (secondary N) is 2. The molecule has 0 saturated carbocycles. The van der Waals surface area contributed by atoms with Gasteiger partial charge in [0.15, 0.2) is 0 Å². The van der Waals surface area contributed by atoms with E-state index in [1.54, 1.807) is 17.0 Å². The molecule has 34 heavy (non-hydrogen) atoms. The third-order valence-electron chi connectivity index (χ3n) is 5.69. The van der Waals surface area contributed by atoms with Gasteiger partial charge in [-0.1, -0.05) is 24.3 Å². The first-order valence-corrected chi connectivity index (χ1v) is 10.9. The lowest BCUT2D eigenvalue weighted by Crippen LogP contribution is -2.41. The lowest BCUT2D eigenvalue weighted by Gasteiger charge is -2.31. The minimum Gasteiger partial charge on any atom is -0.340 e. The van der Waals surface area contributed by atoms with Crippen LogP contribution < -0.4 is 10.6 Å². The molecule has 2 N–H and O–H groups in total. The van der Waals surface area contributed by atoms with E-state index in [1.807, 2.05) is 30.3 Å². The quantitative estimate of drug-likeness (QED) is 0.531. The number of nitrogens with zero attached hydrogens (tertiary/aromatic N) is 2. The Labute approximate surface area is 194 Å². The Morgan fingerprint density at radius 3 is 2.32 bits per heavy atom. The average molecular weight is 468 g/mol. The molecule has 0 unspecified atom stereocenters. The molecule has 1 aliphatic heterocycles. The number of carbonyl (C=O) groups is 2. The maximum Gasteiger partial charge on any atom is 0.416 e. The molecule has 3 aromatic rings. The summed E-state index contributed by atoms with van der Waals surface area (Å²) >= 11 is 0. The van der Waals surface area contributed by atoms with Gasteiger partial charge in [-0.05, 0) is 55.3 Å². The standard InChI is InChI=1S/C25H23F3N4O2/c26-25(27,28)18-6-4-9-20(16-18)30-22-21(10-5-13-29-22)24(34)32-14-11-17(12-15-32)23(33)31-19-7-2-1-3-8-19/h1-10,13,16-17H,11-12,14-15H2,(H,29,30)(H,31,33). The second-order valence-corrected chi connectivity index (χ2v) is 8.02. The minimum atomic E-state index is -4.47. The molecule has 0 radical (unpaired) electrons. The van der Waals surface area contributed by atoms with E-state index in [2.05, 4.69) is 15.6 Å². The predicted octanol–water partition coefficient (Wildman–Crippen LogP) is 5.33. The van der Waals surface area contributed by atoms with Crippen LogP contribution in [-0.2, 0) is 11.0 Å². The van der Waals surface area contributed by atoms with E-state index in [0.29, 0.717) is 25.9 Å². The molecule has 0 spiro atoms. The van der Waals surface area contributed by atoms with Gasteiger partial charge in [-0.25, -0.2) is 4.98 Å². The van der Waals surface area contributed by atoms with E-state index >= 15 is 0 Å². The molecule has 1 aromatic heterocycles. The van der Waals surface area contributed by atoms with Gasteiger partial charge in [0.1, 0.15) is 5.82 Å². The number of anilines is 3.